The zero-order valence-corrected chi connectivity index (χ0v) is 19.5. The van der Waals surface area contributed by atoms with E-state index >= 15 is 0 Å². The Morgan fingerprint density at radius 1 is 1.12 bits per heavy atom. The number of fused-ring (bicyclic) bond motifs is 1. The first-order chi connectivity index (χ1) is 15.9. The van der Waals surface area contributed by atoms with Crippen LogP contribution in [0.5, 0.6) is 0 Å². The van der Waals surface area contributed by atoms with Gasteiger partial charge < -0.3 is 19.4 Å². The number of hydrogen-bond acceptors (Lipinski definition) is 7. The number of amides is 3. The molecule has 5 rings (SSSR count). The lowest BCUT2D eigenvalue weighted by Gasteiger charge is -2.37. The second kappa shape index (κ2) is 9.12. The van der Waals surface area contributed by atoms with Gasteiger partial charge >= 0.3 is 6.09 Å². The van der Waals surface area contributed by atoms with Crippen LogP contribution in [0.4, 0.5) is 10.5 Å². The quantitative estimate of drug-likeness (QED) is 0.615. The molecule has 9 nitrogen and oxygen atoms in total. The molecule has 0 N–H and O–H groups in total. The van der Waals surface area contributed by atoms with Gasteiger partial charge in [-0.2, -0.15) is 0 Å². The van der Waals surface area contributed by atoms with E-state index < -0.39 is 17.9 Å². The third kappa shape index (κ3) is 4.54. The fourth-order valence-corrected chi connectivity index (χ4v) is 5.59. The molecular weight excluding hydrogens is 448 g/mol. The molecular formula is C23H29ClN4O5. The number of hydrogen-bond donors (Lipinski definition) is 0. The van der Waals surface area contributed by atoms with Crippen LogP contribution in [0.25, 0.3) is 0 Å². The van der Waals surface area contributed by atoms with Crippen molar-refractivity contribution in [3.8, 4) is 0 Å². The van der Waals surface area contributed by atoms with E-state index in [9.17, 15) is 14.4 Å². The van der Waals surface area contributed by atoms with Gasteiger partial charge in [0.15, 0.2) is 0 Å². The molecule has 4 aliphatic rings. The van der Waals surface area contributed by atoms with Crippen LogP contribution >= 0.6 is 11.6 Å². The number of carbonyl (C=O) groups is 3. The molecule has 1 aromatic rings. The summed E-state index contributed by atoms with van der Waals surface area (Å²) in [4.78, 5) is 47.4. The van der Waals surface area contributed by atoms with Crippen LogP contribution in [0, 0.1) is 11.8 Å². The number of morpholine rings is 1. The van der Waals surface area contributed by atoms with E-state index in [-0.39, 0.29) is 12.8 Å². The Hall–Kier alpha value is -2.36. The van der Waals surface area contributed by atoms with Crippen molar-refractivity contribution in [2.45, 2.75) is 32.4 Å². The molecule has 3 atom stereocenters. The maximum atomic E-state index is 12.5. The van der Waals surface area contributed by atoms with Crippen molar-refractivity contribution in [3.63, 3.8) is 0 Å². The summed E-state index contributed by atoms with van der Waals surface area (Å²) in [7, 11) is 0. The number of ether oxygens (including phenoxy) is 1. The normalized spacial score (nSPS) is 28.1. The van der Waals surface area contributed by atoms with E-state index in [2.05, 4.69) is 22.8 Å². The monoisotopic (exact) mass is 476 g/mol. The molecule has 0 spiro atoms. The molecule has 1 aromatic carbocycles. The highest BCUT2D eigenvalue weighted by Crippen LogP contribution is 2.35. The van der Waals surface area contributed by atoms with Gasteiger partial charge in [0.2, 0.25) is 0 Å². The van der Waals surface area contributed by atoms with Gasteiger partial charge in [0.1, 0.15) is 0 Å². The van der Waals surface area contributed by atoms with Gasteiger partial charge in [-0.15, -0.1) is 5.06 Å². The van der Waals surface area contributed by atoms with E-state index in [1.807, 2.05) is 12.1 Å². The van der Waals surface area contributed by atoms with E-state index in [4.69, 9.17) is 21.2 Å². The summed E-state index contributed by atoms with van der Waals surface area (Å²) in [5.74, 6) is -0.208. The number of likely N-dealkylation sites (tertiary alicyclic amines) is 2. The summed E-state index contributed by atoms with van der Waals surface area (Å²) in [6.45, 7) is 8.18. The van der Waals surface area contributed by atoms with Crippen LogP contribution in [0.2, 0.25) is 5.02 Å². The predicted octanol–water partition coefficient (Wildman–Crippen LogP) is 2.13. The number of rotatable bonds is 4. The third-order valence-corrected chi connectivity index (χ3v) is 7.35. The maximum Gasteiger partial charge on any atom is 0.434 e. The lowest BCUT2D eigenvalue weighted by Crippen LogP contribution is -2.44. The molecule has 4 aliphatic heterocycles. The van der Waals surface area contributed by atoms with Gasteiger partial charge in [-0.05, 0) is 36.5 Å². The van der Waals surface area contributed by atoms with E-state index in [0.717, 1.165) is 31.2 Å². The first-order valence-corrected chi connectivity index (χ1v) is 11.9. The summed E-state index contributed by atoms with van der Waals surface area (Å²) in [5, 5.41) is 1.35. The maximum absolute atomic E-state index is 12.5. The number of carbonyl (C=O) groups excluding carboxylic acids is 3. The summed E-state index contributed by atoms with van der Waals surface area (Å²) in [5.41, 5.74) is 2.41. The largest absolute Gasteiger partial charge is 0.434 e. The van der Waals surface area contributed by atoms with Crippen LogP contribution in [0.3, 0.4) is 0 Å². The smallest absolute Gasteiger partial charge is 0.377 e. The third-order valence-electron chi connectivity index (χ3n) is 7.11. The Kier molecular flexibility index (Phi) is 6.20. The summed E-state index contributed by atoms with van der Waals surface area (Å²) in [6.07, 6.45) is -0.411. The van der Waals surface area contributed by atoms with Crippen molar-refractivity contribution < 1.29 is 24.0 Å². The van der Waals surface area contributed by atoms with Gasteiger partial charge in [0.05, 0.1) is 13.2 Å². The average molecular weight is 477 g/mol. The Morgan fingerprint density at radius 2 is 1.82 bits per heavy atom. The topological polar surface area (TPSA) is 82.6 Å². The number of anilines is 1. The van der Waals surface area contributed by atoms with Gasteiger partial charge in [-0.1, -0.05) is 17.7 Å². The van der Waals surface area contributed by atoms with E-state index in [0.29, 0.717) is 49.2 Å². The van der Waals surface area contributed by atoms with Crippen LogP contribution in [0.1, 0.15) is 25.3 Å². The highest BCUT2D eigenvalue weighted by atomic mass is 35.5. The first-order valence-electron chi connectivity index (χ1n) is 11.6. The average Bonchev–Trinajstić information content (AvgIpc) is 3.44. The van der Waals surface area contributed by atoms with Gasteiger partial charge in [-0.25, -0.2) is 4.79 Å². The fourth-order valence-electron chi connectivity index (χ4n) is 5.43. The summed E-state index contributed by atoms with van der Waals surface area (Å²) in [6, 6.07) is 6.40. The highest BCUT2D eigenvalue weighted by molar-refractivity contribution is 6.30. The first kappa shape index (κ1) is 22.4. The second-order valence-corrected chi connectivity index (χ2v) is 9.89. The number of benzene rings is 1. The van der Waals surface area contributed by atoms with Crippen molar-refractivity contribution in [2.75, 3.05) is 50.8 Å². The van der Waals surface area contributed by atoms with E-state index in [1.165, 1.54) is 11.3 Å². The lowest BCUT2D eigenvalue weighted by atomic mass is 10.0. The van der Waals surface area contributed by atoms with Gasteiger partial charge in [0.25, 0.3) is 11.8 Å². The van der Waals surface area contributed by atoms with Crippen LogP contribution < -0.4 is 4.90 Å². The Bertz CT molecular complexity index is 929. The predicted molar refractivity (Wildman–Crippen MR) is 120 cm³/mol. The molecule has 3 amide bonds. The van der Waals surface area contributed by atoms with Crippen LogP contribution in [-0.2, 0) is 25.7 Å². The van der Waals surface area contributed by atoms with Gasteiger partial charge in [0, 0.05) is 68.9 Å². The van der Waals surface area contributed by atoms with E-state index in [1.54, 1.807) is 4.90 Å². The molecule has 0 aliphatic carbocycles. The van der Waals surface area contributed by atoms with Crippen molar-refractivity contribution >= 4 is 35.2 Å². The summed E-state index contributed by atoms with van der Waals surface area (Å²) >= 11 is 6.34. The SMILES string of the molecule is CC1COCCN1c1cc(Cl)ccc1CN1CC2CN(C(=O)ON3C(=O)CCC3=O)CC2C1. The molecule has 10 heteroatoms. The van der Waals surface area contributed by atoms with Crippen molar-refractivity contribution in [3.05, 3.63) is 28.8 Å². The Balaban J connectivity index is 1.19. The highest BCUT2D eigenvalue weighted by Gasteiger charge is 2.43. The molecule has 0 radical (unpaired) electrons. The molecule has 0 aromatic heterocycles. The molecule has 0 bridgehead atoms. The zero-order chi connectivity index (χ0) is 23.1. The van der Waals surface area contributed by atoms with Gasteiger partial charge in [-0.3, -0.25) is 14.5 Å². The molecule has 4 fully saturated rings. The molecule has 178 valence electrons. The zero-order valence-electron chi connectivity index (χ0n) is 18.7. The molecule has 3 unspecified atom stereocenters. The van der Waals surface area contributed by atoms with Crippen molar-refractivity contribution in [2.24, 2.45) is 11.8 Å². The second-order valence-electron chi connectivity index (χ2n) is 9.45. The number of halogens is 1. The molecule has 4 heterocycles. The fraction of sp³-hybridized carbons (Fsp3) is 0.609. The van der Waals surface area contributed by atoms with Crippen LogP contribution in [0.15, 0.2) is 18.2 Å². The number of nitrogens with zero attached hydrogens (tertiary/aromatic N) is 4. The standard InChI is InChI=1S/C23H29ClN4O5/c1-15-14-32-7-6-27(15)20-8-19(24)3-2-16(20)9-25-10-17-12-26(13-18(17)11-25)23(31)33-28-21(29)4-5-22(28)30/h2-3,8,15,17-18H,4-7,9-14H2,1H3. The molecule has 33 heavy (non-hydrogen) atoms. The minimum absolute atomic E-state index is 0.0994. The minimum atomic E-state index is -0.610. The Morgan fingerprint density at radius 3 is 2.48 bits per heavy atom. The number of hydroxylamine groups is 2. The van der Waals surface area contributed by atoms with Crippen LogP contribution in [-0.4, -0.2) is 84.8 Å². The molecule has 4 saturated heterocycles. The number of imide groups is 1. The lowest BCUT2D eigenvalue weighted by molar-refractivity contribution is -0.173. The van der Waals surface area contributed by atoms with Crippen molar-refractivity contribution in [1.82, 2.24) is 14.9 Å². The van der Waals surface area contributed by atoms with Crippen molar-refractivity contribution in [1.29, 1.82) is 0 Å². The summed E-state index contributed by atoms with van der Waals surface area (Å²) < 4.78 is 5.60. The minimum Gasteiger partial charge on any atom is -0.377 e. The molecule has 0 saturated carbocycles. The Labute approximate surface area is 198 Å².